The van der Waals surface area contributed by atoms with E-state index in [2.05, 4.69) is 25.2 Å². The van der Waals surface area contributed by atoms with Gasteiger partial charge in [-0.15, -0.1) is 0 Å². The van der Waals surface area contributed by atoms with Crippen molar-refractivity contribution < 1.29 is 9.47 Å². The lowest BCUT2D eigenvalue weighted by atomic mass is 10.2. The third-order valence-corrected chi connectivity index (χ3v) is 2.16. The van der Waals surface area contributed by atoms with Gasteiger partial charge in [-0.05, 0) is 19.0 Å². The quantitative estimate of drug-likeness (QED) is 0.633. The van der Waals surface area contributed by atoms with E-state index in [-0.39, 0.29) is 6.04 Å². The van der Waals surface area contributed by atoms with E-state index in [1.807, 2.05) is 0 Å². The van der Waals surface area contributed by atoms with E-state index in [1.54, 1.807) is 0 Å². The molecule has 0 saturated heterocycles. The first-order chi connectivity index (χ1) is 6.88. The monoisotopic (exact) mass is 199 g/mol. The van der Waals surface area contributed by atoms with Gasteiger partial charge in [0.05, 0.1) is 19.3 Å². The Morgan fingerprint density at radius 3 is 3.00 bits per heavy atom. The minimum Gasteiger partial charge on any atom is -0.496 e. The highest BCUT2D eigenvalue weighted by atomic mass is 16.5. The molecule has 1 unspecified atom stereocenters. The normalized spacial score (nSPS) is 17.7. The molecule has 1 aliphatic heterocycles. The summed E-state index contributed by atoms with van der Waals surface area (Å²) in [6.07, 6.45) is 4.26. The molecule has 1 aliphatic rings. The summed E-state index contributed by atoms with van der Waals surface area (Å²) in [6.45, 7) is 7.53. The van der Waals surface area contributed by atoms with Gasteiger partial charge in [0.15, 0.2) is 0 Å². The molecule has 82 valence electrons. The third-order valence-electron chi connectivity index (χ3n) is 2.16. The molecule has 0 bridgehead atoms. The summed E-state index contributed by atoms with van der Waals surface area (Å²) in [5.74, 6) is 1.06. The van der Waals surface area contributed by atoms with Crippen LogP contribution in [0.15, 0.2) is 11.8 Å². The fourth-order valence-electron chi connectivity index (χ4n) is 1.51. The average Bonchev–Trinajstić information content (AvgIpc) is 2.70. The standard InChI is InChI=1S/C11H21NO2/c1-3-7-13-9-10(12-4-2)11-6-5-8-14-11/h6,10,12H,3-5,7-9H2,1-2H3. The number of rotatable bonds is 7. The van der Waals surface area contributed by atoms with Crippen LogP contribution in [0.3, 0.4) is 0 Å². The van der Waals surface area contributed by atoms with Gasteiger partial charge < -0.3 is 14.8 Å². The van der Waals surface area contributed by atoms with Gasteiger partial charge >= 0.3 is 0 Å². The SMILES string of the molecule is CCCOCC(NCC)C1=CCCO1. The highest BCUT2D eigenvalue weighted by Crippen LogP contribution is 2.13. The van der Waals surface area contributed by atoms with Crippen LogP contribution < -0.4 is 5.32 Å². The van der Waals surface area contributed by atoms with Crippen molar-refractivity contribution in [3.05, 3.63) is 11.8 Å². The lowest BCUT2D eigenvalue weighted by Crippen LogP contribution is -2.35. The Kier molecular flexibility index (Phi) is 5.64. The van der Waals surface area contributed by atoms with Crippen LogP contribution in [0, 0.1) is 0 Å². The van der Waals surface area contributed by atoms with Crippen molar-refractivity contribution in [1.29, 1.82) is 0 Å². The largest absolute Gasteiger partial charge is 0.496 e. The van der Waals surface area contributed by atoms with E-state index in [0.29, 0.717) is 6.61 Å². The van der Waals surface area contributed by atoms with Gasteiger partial charge in [-0.2, -0.15) is 0 Å². The topological polar surface area (TPSA) is 30.5 Å². The number of hydrogen-bond acceptors (Lipinski definition) is 3. The second kappa shape index (κ2) is 6.85. The van der Waals surface area contributed by atoms with Crippen molar-refractivity contribution in [3.63, 3.8) is 0 Å². The minimum absolute atomic E-state index is 0.244. The second-order valence-electron chi connectivity index (χ2n) is 3.43. The van der Waals surface area contributed by atoms with Gasteiger partial charge in [-0.25, -0.2) is 0 Å². The van der Waals surface area contributed by atoms with E-state index in [4.69, 9.17) is 9.47 Å². The smallest absolute Gasteiger partial charge is 0.111 e. The van der Waals surface area contributed by atoms with Crippen molar-refractivity contribution in [3.8, 4) is 0 Å². The van der Waals surface area contributed by atoms with E-state index in [0.717, 1.165) is 38.4 Å². The Labute approximate surface area is 86.5 Å². The lowest BCUT2D eigenvalue weighted by molar-refractivity contribution is 0.0995. The highest BCUT2D eigenvalue weighted by molar-refractivity contribution is 5.07. The van der Waals surface area contributed by atoms with E-state index < -0.39 is 0 Å². The highest BCUT2D eigenvalue weighted by Gasteiger charge is 2.17. The lowest BCUT2D eigenvalue weighted by Gasteiger charge is -2.18. The molecule has 1 N–H and O–H groups in total. The molecular weight excluding hydrogens is 178 g/mol. The minimum atomic E-state index is 0.244. The molecule has 0 aromatic heterocycles. The Bertz CT molecular complexity index is 180. The zero-order valence-corrected chi connectivity index (χ0v) is 9.21. The van der Waals surface area contributed by atoms with E-state index >= 15 is 0 Å². The summed E-state index contributed by atoms with van der Waals surface area (Å²) < 4.78 is 11.0. The molecule has 1 heterocycles. The maximum absolute atomic E-state index is 5.53. The van der Waals surface area contributed by atoms with Crippen molar-refractivity contribution in [2.24, 2.45) is 0 Å². The summed E-state index contributed by atoms with van der Waals surface area (Å²) in [6, 6.07) is 0.244. The van der Waals surface area contributed by atoms with Gasteiger partial charge in [-0.3, -0.25) is 0 Å². The van der Waals surface area contributed by atoms with Crippen molar-refractivity contribution in [2.75, 3.05) is 26.4 Å². The van der Waals surface area contributed by atoms with Gasteiger partial charge in [0, 0.05) is 13.0 Å². The van der Waals surface area contributed by atoms with Crippen LogP contribution in [0.5, 0.6) is 0 Å². The van der Waals surface area contributed by atoms with Crippen LogP contribution in [0.1, 0.15) is 26.7 Å². The molecule has 1 atom stereocenters. The molecule has 0 radical (unpaired) electrons. The number of nitrogens with one attached hydrogen (secondary N) is 1. The first-order valence-corrected chi connectivity index (χ1v) is 5.52. The van der Waals surface area contributed by atoms with Crippen LogP contribution in [0.25, 0.3) is 0 Å². The van der Waals surface area contributed by atoms with Crippen molar-refractivity contribution >= 4 is 0 Å². The van der Waals surface area contributed by atoms with Crippen LogP contribution in [0.2, 0.25) is 0 Å². The van der Waals surface area contributed by atoms with Crippen LogP contribution >= 0.6 is 0 Å². The summed E-state index contributed by atoms with van der Waals surface area (Å²) >= 11 is 0. The fourth-order valence-corrected chi connectivity index (χ4v) is 1.51. The molecule has 0 amide bonds. The summed E-state index contributed by atoms with van der Waals surface area (Å²) in [7, 11) is 0. The zero-order valence-electron chi connectivity index (χ0n) is 9.21. The van der Waals surface area contributed by atoms with Crippen molar-refractivity contribution in [2.45, 2.75) is 32.7 Å². The molecule has 0 aromatic rings. The molecule has 14 heavy (non-hydrogen) atoms. The Balaban J connectivity index is 2.30. The fraction of sp³-hybridized carbons (Fsp3) is 0.818. The molecule has 0 spiro atoms. The van der Waals surface area contributed by atoms with Crippen LogP contribution in [-0.2, 0) is 9.47 Å². The molecule has 0 saturated carbocycles. The predicted molar refractivity (Wildman–Crippen MR) is 57.2 cm³/mol. The first kappa shape index (κ1) is 11.5. The molecule has 0 aliphatic carbocycles. The summed E-state index contributed by atoms with van der Waals surface area (Å²) in [5.41, 5.74) is 0. The van der Waals surface area contributed by atoms with Crippen LogP contribution in [0.4, 0.5) is 0 Å². The first-order valence-electron chi connectivity index (χ1n) is 5.52. The summed E-state index contributed by atoms with van der Waals surface area (Å²) in [4.78, 5) is 0. The molecule has 1 rings (SSSR count). The molecular formula is C11H21NO2. The van der Waals surface area contributed by atoms with Gasteiger partial charge in [0.1, 0.15) is 5.76 Å². The molecule has 3 heteroatoms. The molecule has 3 nitrogen and oxygen atoms in total. The maximum atomic E-state index is 5.53. The number of hydrogen-bond donors (Lipinski definition) is 1. The predicted octanol–water partition coefficient (Wildman–Crippen LogP) is 1.70. The Hall–Kier alpha value is -0.540. The van der Waals surface area contributed by atoms with Crippen LogP contribution in [-0.4, -0.2) is 32.4 Å². The number of likely N-dealkylation sites (N-methyl/N-ethyl adjacent to an activating group) is 1. The third kappa shape index (κ3) is 3.68. The zero-order chi connectivity index (χ0) is 10.2. The Morgan fingerprint density at radius 1 is 1.57 bits per heavy atom. The molecule has 0 aromatic carbocycles. The average molecular weight is 199 g/mol. The van der Waals surface area contributed by atoms with E-state index in [9.17, 15) is 0 Å². The van der Waals surface area contributed by atoms with Gasteiger partial charge in [0.2, 0.25) is 0 Å². The second-order valence-corrected chi connectivity index (χ2v) is 3.43. The van der Waals surface area contributed by atoms with E-state index in [1.165, 1.54) is 0 Å². The number of ether oxygens (including phenoxy) is 2. The van der Waals surface area contributed by atoms with Crippen molar-refractivity contribution in [1.82, 2.24) is 5.32 Å². The van der Waals surface area contributed by atoms with Gasteiger partial charge in [0.25, 0.3) is 0 Å². The van der Waals surface area contributed by atoms with Gasteiger partial charge in [-0.1, -0.05) is 13.8 Å². The Morgan fingerprint density at radius 2 is 2.43 bits per heavy atom. The molecule has 0 fully saturated rings. The summed E-state index contributed by atoms with van der Waals surface area (Å²) in [5, 5.41) is 3.37. The maximum Gasteiger partial charge on any atom is 0.111 e.